The first-order valence-electron chi connectivity index (χ1n) is 24.2. The summed E-state index contributed by atoms with van der Waals surface area (Å²) in [5.41, 5.74) is 6.77. The van der Waals surface area contributed by atoms with Gasteiger partial charge in [0.15, 0.2) is 0 Å². The zero-order chi connectivity index (χ0) is 41.1. The van der Waals surface area contributed by atoms with Crippen molar-refractivity contribution in [3.63, 3.8) is 0 Å². The molecule has 0 unspecified atom stereocenters. The summed E-state index contributed by atoms with van der Waals surface area (Å²) in [6, 6.07) is 10.9. The fraction of sp³-hybridized carbons (Fsp3) is 0.750. The van der Waals surface area contributed by atoms with Crippen LogP contribution in [0.1, 0.15) is 153 Å². The van der Waals surface area contributed by atoms with Crippen molar-refractivity contribution in [1.29, 1.82) is 0 Å². The molecule has 322 valence electrons. The van der Waals surface area contributed by atoms with Crippen molar-refractivity contribution in [2.24, 2.45) is 0 Å². The average Bonchev–Trinajstić information content (AvgIpc) is 3.90. The van der Waals surface area contributed by atoms with Crippen molar-refractivity contribution >= 4 is 78.3 Å². The molecule has 0 radical (unpaired) electrons. The van der Waals surface area contributed by atoms with Gasteiger partial charge in [0.1, 0.15) is 32.9 Å². The Morgan fingerprint density at radius 2 is 0.684 bits per heavy atom. The van der Waals surface area contributed by atoms with E-state index in [4.69, 9.17) is 0 Å². The molecule has 3 aromatic rings. The Kier molecular flexibility index (Phi) is 18.4. The van der Waals surface area contributed by atoms with Crippen LogP contribution in [0.15, 0.2) is 22.9 Å². The van der Waals surface area contributed by atoms with Crippen LogP contribution in [0, 0.1) is 0 Å². The van der Waals surface area contributed by atoms with Crippen LogP contribution < -0.4 is 8.46 Å². The quantitative estimate of drug-likeness (QED) is 0.0653. The smallest absolute Gasteiger partial charge is 0.141 e. The van der Waals surface area contributed by atoms with Gasteiger partial charge in [-0.15, -0.1) is 34.0 Å². The van der Waals surface area contributed by atoms with Gasteiger partial charge >= 0.3 is 0 Å². The SMILES string of the molecule is CCCCCCCCCCCCc1ccsc1-c1sc(-c2sccc2CCCCCCCCCCCC)c2c1N1[Si](C)(C)CC[Si](C)(C)N2[Si](C)(C)CC[Si]1(C)C. The molecule has 0 amide bonds. The van der Waals surface area contributed by atoms with E-state index in [0.717, 1.165) is 0 Å². The summed E-state index contributed by atoms with van der Waals surface area (Å²) in [5, 5.41) is 4.90. The van der Waals surface area contributed by atoms with E-state index in [1.54, 1.807) is 42.0 Å². The number of rotatable bonds is 24. The number of hydrogen-bond donors (Lipinski definition) is 0. The minimum Gasteiger partial charge on any atom is -0.421 e. The van der Waals surface area contributed by atoms with Crippen LogP contribution >= 0.6 is 34.0 Å². The van der Waals surface area contributed by atoms with Crippen LogP contribution in [0.25, 0.3) is 19.5 Å². The first-order chi connectivity index (χ1) is 27.2. The molecule has 2 bridgehead atoms. The molecule has 2 aliphatic heterocycles. The monoisotopic (exact) mass is 899 g/mol. The molecule has 0 spiro atoms. The zero-order valence-corrected chi connectivity index (χ0v) is 45.3. The standard InChI is InChI=1S/C48H86N2S3Si4/c1-11-13-15-17-19-21-23-25-27-29-31-41-33-35-51-45(41)47-43-44(50-56(7,8)39-37-54(3,4)49(43)55(5,6)38-40-57(50,9)10)48(53-47)46-42(34-36-52-46)32-30-28-26-24-22-20-18-16-14-12-2/h33-36H,11-32,37-40H2,1-10H3. The van der Waals surface area contributed by atoms with Gasteiger partial charge in [-0.05, 0) is 83.9 Å². The summed E-state index contributed by atoms with van der Waals surface area (Å²) in [4.78, 5) is 6.59. The molecule has 5 heterocycles. The predicted molar refractivity (Wildman–Crippen MR) is 276 cm³/mol. The summed E-state index contributed by atoms with van der Waals surface area (Å²) >= 11 is 6.40. The van der Waals surface area contributed by atoms with E-state index in [1.807, 2.05) is 0 Å². The van der Waals surface area contributed by atoms with Gasteiger partial charge in [-0.1, -0.05) is 182 Å². The van der Waals surface area contributed by atoms with Crippen molar-refractivity contribution in [3.8, 4) is 19.5 Å². The van der Waals surface area contributed by atoms with E-state index in [-0.39, 0.29) is 0 Å². The molecule has 0 fully saturated rings. The summed E-state index contributed by atoms with van der Waals surface area (Å²) < 4.78 is 6.59. The van der Waals surface area contributed by atoms with Crippen molar-refractivity contribution in [3.05, 3.63) is 34.0 Å². The molecule has 5 rings (SSSR count). The van der Waals surface area contributed by atoms with Gasteiger partial charge in [0.25, 0.3) is 0 Å². The highest BCUT2D eigenvalue weighted by Crippen LogP contribution is 2.62. The predicted octanol–water partition coefficient (Wildman–Crippen LogP) is 18.6. The molecular formula is C48H86N2S3Si4. The molecule has 9 heteroatoms. The van der Waals surface area contributed by atoms with E-state index in [0.29, 0.717) is 0 Å². The highest BCUT2D eigenvalue weighted by molar-refractivity contribution is 7.28. The van der Waals surface area contributed by atoms with Gasteiger partial charge in [0.05, 0.1) is 21.1 Å². The number of aryl methyl sites for hydroxylation is 2. The second-order valence-electron chi connectivity index (χ2n) is 20.8. The lowest BCUT2D eigenvalue weighted by Gasteiger charge is -2.60. The van der Waals surface area contributed by atoms with Crippen LogP contribution in [0.4, 0.5) is 11.4 Å². The zero-order valence-electron chi connectivity index (χ0n) is 38.8. The highest BCUT2D eigenvalue weighted by atomic mass is 32.1. The van der Waals surface area contributed by atoms with Gasteiger partial charge in [0.2, 0.25) is 0 Å². The van der Waals surface area contributed by atoms with Gasteiger partial charge in [-0.2, -0.15) is 0 Å². The van der Waals surface area contributed by atoms with Crippen molar-refractivity contribution < 1.29 is 0 Å². The fourth-order valence-corrected chi connectivity index (χ4v) is 43.0. The van der Waals surface area contributed by atoms with Crippen molar-refractivity contribution in [2.45, 2.75) is 232 Å². The number of thiophene rings is 3. The highest BCUT2D eigenvalue weighted by Gasteiger charge is 2.54. The second kappa shape index (κ2) is 22.1. The van der Waals surface area contributed by atoms with E-state index >= 15 is 0 Å². The Hall–Kier alpha value is -0.432. The molecule has 0 N–H and O–H groups in total. The lowest BCUT2D eigenvalue weighted by molar-refractivity contribution is 0.556. The summed E-state index contributed by atoms with van der Waals surface area (Å²) in [7, 11) is -7.02. The van der Waals surface area contributed by atoms with Crippen molar-refractivity contribution in [2.75, 3.05) is 8.46 Å². The normalized spacial score (nSPS) is 18.4. The molecule has 3 aromatic heterocycles. The maximum atomic E-state index is 3.30. The molecule has 2 nitrogen and oxygen atoms in total. The molecule has 2 aliphatic rings. The van der Waals surface area contributed by atoms with Gasteiger partial charge < -0.3 is 8.46 Å². The van der Waals surface area contributed by atoms with Crippen LogP contribution in [0.3, 0.4) is 0 Å². The Morgan fingerprint density at radius 3 is 0.982 bits per heavy atom. The first kappa shape index (κ1) is 47.6. The van der Waals surface area contributed by atoms with Crippen LogP contribution in [0.2, 0.25) is 76.6 Å². The fourth-order valence-electron chi connectivity index (χ4n) is 10.7. The number of unbranched alkanes of at least 4 members (excludes halogenated alkanes) is 18. The minimum absolute atomic E-state index is 1.24. The lowest BCUT2D eigenvalue weighted by Crippen LogP contribution is -2.71. The Balaban J connectivity index is 1.48. The van der Waals surface area contributed by atoms with Crippen LogP contribution in [-0.4, -0.2) is 32.9 Å². The van der Waals surface area contributed by atoms with Gasteiger partial charge in [-0.25, -0.2) is 0 Å². The summed E-state index contributed by atoms with van der Waals surface area (Å²) in [5.74, 6) is 0. The molecule has 0 aromatic carbocycles. The minimum atomic E-state index is -1.76. The van der Waals surface area contributed by atoms with E-state index in [9.17, 15) is 0 Å². The van der Waals surface area contributed by atoms with E-state index < -0.39 is 32.9 Å². The van der Waals surface area contributed by atoms with Crippen LogP contribution in [-0.2, 0) is 12.8 Å². The molecule has 0 saturated heterocycles. The Morgan fingerprint density at radius 1 is 0.404 bits per heavy atom. The molecular weight excluding hydrogens is 813 g/mol. The van der Waals surface area contributed by atoms with E-state index in [2.05, 4.69) is 132 Å². The van der Waals surface area contributed by atoms with Crippen LogP contribution in [0.5, 0.6) is 0 Å². The van der Waals surface area contributed by atoms with Gasteiger partial charge in [0, 0.05) is 9.75 Å². The number of anilines is 2. The Bertz CT molecular complexity index is 1490. The summed E-state index contributed by atoms with van der Waals surface area (Å²) in [6.45, 7) is 26.9. The average molecular weight is 900 g/mol. The second-order valence-corrected chi connectivity index (χ2v) is 42.8. The number of nitrogens with zero attached hydrogens (tertiary/aromatic N) is 2. The summed E-state index contributed by atoms with van der Waals surface area (Å²) in [6.07, 6.45) is 30.7. The van der Waals surface area contributed by atoms with Gasteiger partial charge in [-0.3, -0.25) is 0 Å². The third kappa shape index (κ3) is 12.4. The third-order valence-corrected chi connectivity index (χ3v) is 37.2. The van der Waals surface area contributed by atoms with Crippen molar-refractivity contribution in [1.82, 2.24) is 0 Å². The molecule has 57 heavy (non-hydrogen) atoms. The third-order valence-electron chi connectivity index (χ3n) is 13.9. The Labute approximate surface area is 369 Å². The lowest BCUT2D eigenvalue weighted by atomic mass is 10.0. The first-order valence-corrected chi connectivity index (χ1v) is 39.4. The topological polar surface area (TPSA) is 6.48 Å². The molecule has 0 aliphatic carbocycles. The largest absolute Gasteiger partial charge is 0.421 e. The number of hydrogen-bond acceptors (Lipinski definition) is 5. The molecule has 0 atom stereocenters. The van der Waals surface area contributed by atoms with E-state index in [1.165, 1.54) is 165 Å². The maximum Gasteiger partial charge on any atom is 0.141 e. The maximum absolute atomic E-state index is 3.30. The molecule has 0 saturated carbocycles.